The number of nitrogens with one attached hydrogen (secondary N) is 1. The molecule has 0 unspecified atom stereocenters. The smallest absolute Gasteiger partial charge is 0.239 e. The molecule has 0 saturated carbocycles. The molecule has 1 N–H and O–H groups in total. The first kappa shape index (κ1) is 19.5. The summed E-state index contributed by atoms with van der Waals surface area (Å²) in [6, 6.07) is 15.3. The molecule has 3 aromatic rings. The van der Waals surface area contributed by atoms with Crippen LogP contribution in [-0.4, -0.2) is 4.99 Å². The molecule has 0 fully saturated rings. The van der Waals surface area contributed by atoms with Gasteiger partial charge in [0.1, 0.15) is 0 Å². The van der Waals surface area contributed by atoms with Crippen LogP contribution in [0.4, 0.5) is 5.69 Å². The lowest BCUT2D eigenvalue weighted by Crippen LogP contribution is -2.40. The van der Waals surface area contributed by atoms with E-state index < -0.39 is 0 Å². The van der Waals surface area contributed by atoms with E-state index in [2.05, 4.69) is 12.2 Å². The van der Waals surface area contributed by atoms with E-state index in [0.29, 0.717) is 19.9 Å². The number of rotatable bonds is 5. The van der Waals surface area contributed by atoms with E-state index >= 15 is 0 Å². The minimum atomic E-state index is -0.162. The van der Waals surface area contributed by atoms with Gasteiger partial charge in [0.25, 0.3) is 0 Å². The van der Waals surface area contributed by atoms with Gasteiger partial charge in [-0.3, -0.25) is 0 Å². The van der Waals surface area contributed by atoms with Crippen molar-refractivity contribution in [1.29, 1.82) is 0 Å². The Bertz CT molecular complexity index is 993. The molecule has 0 atom stereocenters. The summed E-state index contributed by atoms with van der Waals surface area (Å²) in [5.41, 5.74) is 3.52. The van der Waals surface area contributed by atoms with Crippen molar-refractivity contribution < 1.29 is 9.67 Å². The van der Waals surface area contributed by atoms with Crippen molar-refractivity contribution in [2.75, 3.05) is 5.32 Å². The van der Waals surface area contributed by atoms with Crippen LogP contribution in [-0.2, 0) is 6.42 Å². The molecule has 0 aliphatic rings. The largest absolute Gasteiger partial charge is 0.867 e. The number of aromatic nitrogens is 1. The first-order chi connectivity index (χ1) is 13.0. The van der Waals surface area contributed by atoms with Gasteiger partial charge in [0.05, 0.1) is 4.34 Å². The molecule has 138 valence electrons. The maximum absolute atomic E-state index is 13.2. The van der Waals surface area contributed by atoms with Gasteiger partial charge in [-0.25, -0.2) is 0 Å². The van der Waals surface area contributed by atoms with Crippen molar-refractivity contribution in [3.8, 4) is 0 Å². The summed E-state index contributed by atoms with van der Waals surface area (Å²) in [6.07, 6.45) is 4.68. The number of hydrogen-bond acceptors (Lipinski definition) is 3. The molecule has 3 rings (SSSR count). The quantitative estimate of drug-likeness (QED) is 0.285. The van der Waals surface area contributed by atoms with Crippen molar-refractivity contribution in [2.24, 2.45) is 0 Å². The van der Waals surface area contributed by atoms with Crippen LogP contribution in [0.5, 0.6) is 0 Å². The number of benzene rings is 1. The van der Waals surface area contributed by atoms with Crippen molar-refractivity contribution >= 4 is 57.3 Å². The number of aryl methyl sites for hydroxylation is 2. The number of hydrogen-bond donors (Lipinski definition) is 1. The standard InChI is InChI=1S/C21H19ClN2OS2/c1-3-15-6-8-16(9-7-15)23-21(26)19(24-12-4-5-14(2)13-24)20(25)17-10-11-18(22)27-17/h4-13H,3H2,1-2H3,(H-,23,25,26). The second-order valence-electron chi connectivity index (χ2n) is 6.07. The molecule has 0 bridgehead atoms. The Kier molecular flexibility index (Phi) is 6.26. The second kappa shape index (κ2) is 8.65. The Hall–Kier alpha value is -2.21. The molecule has 0 aliphatic carbocycles. The summed E-state index contributed by atoms with van der Waals surface area (Å²) in [6.45, 7) is 4.08. The molecule has 27 heavy (non-hydrogen) atoms. The molecule has 2 aromatic heterocycles. The van der Waals surface area contributed by atoms with Gasteiger partial charge in [-0.05, 0) is 55.0 Å². The van der Waals surface area contributed by atoms with Gasteiger partial charge in [-0.2, -0.15) is 4.57 Å². The highest BCUT2D eigenvalue weighted by Gasteiger charge is 2.20. The van der Waals surface area contributed by atoms with Gasteiger partial charge in [0.2, 0.25) is 5.70 Å². The third-order valence-corrected chi connectivity index (χ3v) is 5.58. The van der Waals surface area contributed by atoms with Crippen LogP contribution < -0.4 is 15.0 Å². The lowest BCUT2D eigenvalue weighted by molar-refractivity contribution is -0.578. The highest BCUT2D eigenvalue weighted by atomic mass is 35.5. The molecule has 0 amide bonds. The number of halogens is 1. The predicted molar refractivity (Wildman–Crippen MR) is 116 cm³/mol. The fraction of sp³-hybridized carbons (Fsp3) is 0.143. The second-order valence-corrected chi connectivity index (χ2v) is 8.20. The summed E-state index contributed by atoms with van der Waals surface area (Å²) in [4.78, 5) is 0.916. The van der Waals surface area contributed by atoms with Gasteiger partial charge >= 0.3 is 0 Å². The molecule has 2 heterocycles. The normalized spacial score (nSPS) is 11.8. The molecule has 0 saturated heterocycles. The minimum absolute atomic E-state index is 0.162. The molecule has 1 aromatic carbocycles. The fourth-order valence-electron chi connectivity index (χ4n) is 2.64. The molecule has 0 radical (unpaired) electrons. The van der Waals surface area contributed by atoms with Crippen LogP contribution in [0.3, 0.4) is 0 Å². The molecule has 3 nitrogen and oxygen atoms in total. The Labute approximate surface area is 173 Å². The van der Waals surface area contributed by atoms with E-state index in [4.69, 9.17) is 23.8 Å². The van der Waals surface area contributed by atoms with E-state index in [1.54, 1.807) is 16.7 Å². The van der Waals surface area contributed by atoms with E-state index in [1.807, 2.05) is 55.7 Å². The van der Waals surface area contributed by atoms with Crippen molar-refractivity contribution in [1.82, 2.24) is 0 Å². The van der Waals surface area contributed by atoms with Gasteiger partial charge in [-0.1, -0.05) is 42.9 Å². The molecular weight excluding hydrogens is 396 g/mol. The Balaban J connectivity index is 2.02. The summed E-state index contributed by atoms with van der Waals surface area (Å²) in [7, 11) is 0. The van der Waals surface area contributed by atoms with Crippen LogP contribution in [0, 0.1) is 6.92 Å². The zero-order valence-electron chi connectivity index (χ0n) is 15.0. The van der Waals surface area contributed by atoms with Gasteiger partial charge in [0.15, 0.2) is 17.4 Å². The SMILES string of the molecule is CCc1ccc(NC(=S)C(=C([O-])c2ccc(Cl)s2)[n+]2cccc(C)c2)cc1. The summed E-state index contributed by atoms with van der Waals surface area (Å²) < 4.78 is 2.34. The van der Waals surface area contributed by atoms with Crippen molar-refractivity contribution in [3.63, 3.8) is 0 Å². The molecule has 6 heteroatoms. The van der Waals surface area contributed by atoms with Crippen LogP contribution in [0.25, 0.3) is 11.5 Å². The predicted octanol–water partition coefficient (Wildman–Crippen LogP) is 4.69. The van der Waals surface area contributed by atoms with Crippen molar-refractivity contribution in [3.05, 3.63) is 81.3 Å². The number of nitrogens with zero attached hydrogens (tertiary/aromatic N) is 1. The lowest BCUT2D eigenvalue weighted by Gasteiger charge is -2.15. The van der Waals surface area contributed by atoms with Gasteiger partial charge in [-0.15, -0.1) is 11.3 Å². The maximum Gasteiger partial charge on any atom is 0.239 e. The Morgan fingerprint density at radius 1 is 1.19 bits per heavy atom. The van der Waals surface area contributed by atoms with Crippen LogP contribution in [0.1, 0.15) is 22.9 Å². The van der Waals surface area contributed by atoms with E-state index in [1.165, 1.54) is 16.9 Å². The highest BCUT2D eigenvalue weighted by Crippen LogP contribution is 2.27. The zero-order chi connectivity index (χ0) is 19.4. The Morgan fingerprint density at radius 2 is 1.93 bits per heavy atom. The van der Waals surface area contributed by atoms with Crippen LogP contribution in [0.15, 0.2) is 60.9 Å². The summed E-state index contributed by atoms with van der Waals surface area (Å²) >= 11 is 12.9. The first-order valence-corrected chi connectivity index (χ1v) is 10.1. The summed E-state index contributed by atoms with van der Waals surface area (Å²) in [5, 5.41) is 16.4. The van der Waals surface area contributed by atoms with E-state index in [0.717, 1.165) is 17.7 Å². The monoisotopic (exact) mass is 414 g/mol. The topological polar surface area (TPSA) is 39.0 Å². The summed E-state index contributed by atoms with van der Waals surface area (Å²) in [5.74, 6) is -0.162. The number of thiophene rings is 1. The highest BCUT2D eigenvalue weighted by molar-refractivity contribution is 7.81. The average molecular weight is 415 g/mol. The van der Waals surface area contributed by atoms with E-state index in [-0.39, 0.29) is 5.76 Å². The maximum atomic E-state index is 13.2. The van der Waals surface area contributed by atoms with Gasteiger partial charge < -0.3 is 10.4 Å². The lowest BCUT2D eigenvalue weighted by atomic mass is 10.1. The number of pyridine rings is 1. The molecule has 0 spiro atoms. The molecule has 0 aliphatic heterocycles. The van der Waals surface area contributed by atoms with Gasteiger partial charge in [0, 0.05) is 22.2 Å². The molecular formula is C21H19ClN2OS2. The van der Waals surface area contributed by atoms with Crippen LogP contribution in [0.2, 0.25) is 4.34 Å². The van der Waals surface area contributed by atoms with Crippen LogP contribution >= 0.6 is 35.2 Å². The third-order valence-electron chi connectivity index (χ3n) is 4.05. The average Bonchev–Trinajstić information content (AvgIpc) is 3.09. The fourth-order valence-corrected chi connectivity index (χ4v) is 3.94. The first-order valence-electron chi connectivity index (χ1n) is 8.53. The Morgan fingerprint density at radius 3 is 2.52 bits per heavy atom. The number of thiocarbonyl (C=S) groups is 1. The van der Waals surface area contributed by atoms with Crippen molar-refractivity contribution in [2.45, 2.75) is 20.3 Å². The third kappa shape index (κ3) is 4.75. The van der Waals surface area contributed by atoms with E-state index in [9.17, 15) is 5.11 Å². The zero-order valence-corrected chi connectivity index (χ0v) is 17.4. The number of anilines is 1. The minimum Gasteiger partial charge on any atom is -0.867 e.